The Bertz CT molecular complexity index is 630. The molecule has 1 aromatic heterocycles. The van der Waals surface area contributed by atoms with Gasteiger partial charge in [-0.15, -0.1) is 0 Å². The molecule has 0 amide bonds. The van der Waals surface area contributed by atoms with Crippen molar-refractivity contribution in [3.8, 4) is 5.69 Å². The van der Waals surface area contributed by atoms with E-state index in [0.29, 0.717) is 15.3 Å². The van der Waals surface area contributed by atoms with Crippen LogP contribution in [0.25, 0.3) is 5.69 Å². The molecule has 19 heavy (non-hydrogen) atoms. The molecule has 0 unspecified atom stereocenters. The van der Waals surface area contributed by atoms with Crippen molar-refractivity contribution in [1.29, 1.82) is 0 Å². The summed E-state index contributed by atoms with van der Waals surface area (Å²) in [6.45, 7) is 1.83. The highest BCUT2D eigenvalue weighted by molar-refractivity contribution is 9.10. The quantitative estimate of drug-likeness (QED) is 0.865. The van der Waals surface area contributed by atoms with E-state index in [1.165, 1.54) is 12.1 Å². The second kappa shape index (κ2) is 5.75. The summed E-state index contributed by atoms with van der Waals surface area (Å²) in [5.41, 5.74) is 1.40. The maximum absolute atomic E-state index is 13.4. The molecule has 0 bridgehead atoms. The van der Waals surface area contributed by atoms with Crippen LogP contribution in [-0.2, 0) is 4.79 Å². The second-order valence-corrected chi connectivity index (χ2v) is 5.59. The Labute approximate surface area is 121 Å². The lowest BCUT2D eigenvalue weighted by Gasteiger charge is -2.11. The maximum atomic E-state index is 13.4. The third-order valence-corrected chi connectivity index (χ3v) is 3.99. The minimum absolute atomic E-state index is 0.0939. The van der Waals surface area contributed by atoms with E-state index in [-0.39, 0.29) is 11.6 Å². The summed E-state index contributed by atoms with van der Waals surface area (Å²) in [4.78, 5) is 14.8. The molecule has 2 aromatic rings. The highest BCUT2D eigenvalue weighted by atomic mass is 79.9. The summed E-state index contributed by atoms with van der Waals surface area (Å²) < 4.78 is 15.8. The van der Waals surface area contributed by atoms with E-state index in [1.807, 2.05) is 6.92 Å². The Morgan fingerprint density at radius 2 is 2.32 bits per heavy atom. The van der Waals surface area contributed by atoms with Crippen molar-refractivity contribution in [1.82, 2.24) is 9.55 Å². The number of halogens is 2. The van der Waals surface area contributed by atoms with Gasteiger partial charge in [0.05, 0.1) is 11.4 Å². The largest absolute Gasteiger partial charge is 0.481 e. The lowest BCUT2D eigenvalue weighted by atomic mass is 10.3. The summed E-state index contributed by atoms with van der Waals surface area (Å²) in [5, 5.41) is 9.23. The molecule has 0 aliphatic rings. The normalized spacial score (nSPS) is 10.7. The van der Waals surface area contributed by atoms with Crippen LogP contribution in [0.15, 0.2) is 34.0 Å². The summed E-state index contributed by atoms with van der Waals surface area (Å²) >= 11 is 4.45. The molecule has 0 saturated carbocycles. The average Bonchev–Trinajstić information content (AvgIpc) is 2.71. The maximum Gasteiger partial charge on any atom is 0.313 e. The van der Waals surface area contributed by atoms with Crippen LogP contribution < -0.4 is 0 Å². The molecule has 0 radical (unpaired) electrons. The van der Waals surface area contributed by atoms with E-state index in [4.69, 9.17) is 5.11 Å². The molecule has 1 aromatic carbocycles. The smallest absolute Gasteiger partial charge is 0.313 e. The molecule has 0 aliphatic heterocycles. The number of imidazole rings is 1. The minimum Gasteiger partial charge on any atom is -0.481 e. The molecular formula is C12H10BrFN2O2S. The molecule has 0 fully saturated rings. The number of carboxylic acids is 1. The molecule has 7 heteroatoms. The van der Waals surface area contributed by atoms with E-state index in [1.54, 1.807) is 16.8 Å². The monoisotopic (exact) mass is 344 g/mol. The zero-order valence-electron chi connectivity index (χ0n) is 9.93. The summed E-state index contributed by atoms with van der Waals surface area (Å²) in [6, 6.07) is 4.34. The molecule has 100 valence electrons. The summed E-state index contributed by atoms with van der Waals surface area (Å²) in [7, 11) is 0. The zero-order valence-corrected chi connectivity index (χ0v) is 12.3. The number of thioether (sulfide) groups is 1. The number of aryl methyl sites for hydroxylation is 1. The van der Waals surface area contributed by atoms with Crippen molar-refractivity contribution in [3.05, 3.63) is 40.4 Å². The molecule has 1 heterocycles. The molecule has 1 N–H and O–H groups in total. The van der Waals surface area contributed by atoms with Gasteiger partial charge < -0.3 is 5.11 Å². The summed E-state index contributed by atoms with van der Waals surface area (Å²) in [6.07, 6.45) is 1.63. The lowest BCUT2D eigenvalue weighted by Crippen LogP contribution is -2.04. The van der Waals surface area contributed by atoms with Gasteiger partial charge in [0, 0.05) is 16.4 Å². The van der Waals surface area contributed by atoms with Gasteiger partial charge in [0.15, 0.2) is 5.16 Å². The number of aromatic nitrogens is 2. The van der Waals surface area contributed by atoms with Gasteiger partial charge in [0.2, 0.25) is 0 Å². The van der Waals surface area contributed by atoms with Crippen LogP contribution in [0.2, 0.25) is 0 Å². The first-order valence-electron chi connectivity index (χ1n) is 5.33. The molecule has 4 nitrogen and oxygen atoms in total. The van der Waals surface area contributed by atoms with Gasteiger partial charge in [-0.3, -0.25) is 9.36 Å². The zero-order chi connectivity index (χ0) is 14.0. The van der Waals surface area contributed by atoms with E-state index >= 15 is 0 Å². The predicted molar refractivity (Wildman–Crippen MR) is 74.3 cm³/mol. The van der Waals surface area contributed by atoms with E-state index < -0.39 is 5.97 Å². The number of benzene rings is 1. The average molecular weight is 345 g/mol. The van der Waals surface area contributed by atoms with Crippen molar-refractivity contribution in [2.45, 2.75) is 12.1 Å². The fraction of sp³-hybridized carbons (Fsp3) is 0.167. The van der Waals surface area contributed by atoms with Gasteiger partial charge in [0.25, 0.3) is 0 Å². The minimum atomic E-state index is -0.921. The third kappa shape index (κ3) is 3.16. The Morgan fingerprint density at radius 1 is 1.58 bits per heavy atom. The van der Waals surface area contributed by atoms with E-state index in [2.05, 4.69) is 20.9 Å². The van der Waals surface area contributed by atoms with Crippen LogP contribution in [-0.4, -0.2) is 26.4 Å². The number of aliphatic carboxylic acids is 1. The van der Waals surface area contributed by atoms with Gasteiger partial charge in [-0.2, -0.15) is 0 Å². The standard InChI is InChI=1S/C12H10BrFN2O2S/c1-7-5-15-12(19-6-11(17)18)16(7)10-4-8(14)2-3-9(10)13/h2-5H,6H2,1H3,(H,17,18). The SMILES string of the molecule is Cc1cnc(SCC(=O)O)n1-c1cc(F)ccc1Br. The molecule has 0 aliphatic carbocycles. The predicted octanol–water partition coefficient (Wildman–Crippen LogP) is 3.26. The fourth-order valence-electron chi connectivity index (χ4n) is 1.59. The second-order valence-electron chi connectivity index (χ2n) is 3.80. The Hall–Kier alpha value is -1.34. The first-order valence-corrected chi connectivity index (χ1v) is 7.11. The van der Waals surface area contributed by atoms with Crippen LogP contribution in [0, 0.1) is 12.7 Å². The summed E-state index contributed by atoms with van der Waals surface area (Å²) in [5.74, 6) is -1.38. The number of nitrogens with zero attached hydrogens (tertiary/aromatic N) is 2. The van der Waals surface area contributed by atoms with Crippen molar-refractivity contribution < 1.29 is 14.3 Å². The van der Waals surface area contributed by atoms with Crippen LogP contribution in [0.3, 0.4) is 0 Å². The van der Waals surface area contributed by atoms with Crippen molar-refractivity contribution >= 4 is 33.7 Å². The van der Waals surface area contributed by atoms with Gasteiger partial charge in [-0.25, -0.2) is 9.37 Å². The van der Waals surface area contributed by atoms with Gasteiger partial charge in [-0.1, -0.05) is 11.8 Å². The Balaban J connectivity index is 2.46. The van der Waals surface area contributed by atoms with Gasteiger partial charge >= 0.3 is 5.97 Å². The highest BCUT2D eigenvalue weighted by Crippen LogP contribution is 2.28. The van der Waals surface area contributed by atoms with Crippen LogP contribution in [0.4, 0.5) is 4.39 Å². The highest BCUT2D eigenvalue weighted by Gasteiger charge is 2.14. The number of carbonyl (C=O) groups is 1. The third-order valence-electron chi connectivity index (χ3n) is 2.38. The molecule has 0 atom stereocenters. The van der Waals surface area contributed by atoms with Crippen LogP contribution >= 0.6 is 27.7 Å². The molecule has 0 saturated heterocycles. The first-order chi connectivity index (χ1) is 8.99. The van der Waals surface area contributed by atoms with Gasteiger partial charge in [0.1, 0.15) is 5.82 Å². The molecule has 0 spiro atoms. The topological polar surface area (TPSA) is 55.1 Å². The van der Waals surface area contributed by atoms with Crippen molar-refractivity contribution in [2.24, 2.45) is 0 Å². The van der Waals surface area contributed by atoms with Crippen LogP contribution in [0.1, 0.15) is 5.69 Å². The lowest BCUT2D eigenvalue weighted by molar-refractivity contribution is -0.133. The number of hydrogen-bond donors (Lipinski definition) is 1. The van der Waals surface area contributed by atoms with Crippen LogP contribution in [0.5, 0.6) is 0 Å². The van der Waals surface area contributed by atoms with Crippen molar-refractivity contribution in [2.75, 3.05) is 5.75 Å². The molecule has 2 rings (SSSR count). The van der Waals surface area contributed by atoms with Crippen molar-refractivity contribution in [3.63, 3.8) is 0 Å². The number of hydrogen-bond acceptors (Lipinski definition) is 3. The Kier molecular flexibility index (Phi) is 4.26. The number of rotatable bonds is 4. The fourth-order valence-corrected chi connectivity index (χ4v) is 2.77. The Morgan fingerprint density at radius 3 is 3.00 bits per heavy atom. The molecular weight excluding hydrogens is 335 g/mol. The number of carboxylic acid groups (broad SMARTS) is 1. The van der Waals surface area contributed by atoms with E-state index in [9.17, 15) is 9.18 Å². The van der Waals surface area contributed by atoms with Gasteiger partial charge in [-0.05, 0) is 41.1 Å². The van der Waals surface area contributed by atoms with E-state index in [0.717, 1.165) is 17.5 Å². The first kappa shape index (κ1) is 14.1.